The molecule has 1 aliphatic heterocycles. The summed E-state index contributed by atoms with van der Waals surface area (Å²) in [6.07, 6.45) is 0. The van der Waals surface area contributed by atoms with E-state index >= 15 is 0 Å². The first kappa shape index (κ1) is 18.6. The molecule has 3 aromatic carbocycles. The first-order valence-electron chi connectivity index (χ1n) is 10.2. The van der Waals surface area contributed by atoms with Crippen LogP contribution >= 0.6 is 0 Å². The summed E-state index contributed by atoms with van der Waals surface area (Å²) in [6, 6.07) is 24.4. The van der Waals surface area contributed by atoms with E-state index in [4.69, 9.17) is 9.15 Å². The van der Waals surface area contributed by atoms with Gasteiger partial charge in [-0.1, -0.05) is 60.7 Å². The van der Waals surface area contributed by atoms with Gasteiger partial charge in [0.1, 0.15) is 18.1 Å². The van der Waals surface area contributed by atoms with Crippen molar-refractivity contribution in [3.8, 4) is 16.9 Å². The van der Waals surface area contributed by atoms with E-state index < -0.39 is 0 Å². The van der Waals surface area contributed by atoms with Crippen LogP contribution in [0.25, 0.3) is 22.1 Å². The van der Waals surface area contributed by atoms with Crippen molar-refractivity contribution < 1.29 is 9.15 Å². The second-order valence-electron chi connectivity index (χ2n) is 7.82. The van der Waals surface area contributed by atoms with Gasteiger partial charge in [0.2, 0.25) is 0 Å². The van der Waals surface area contributed by atoms with Crippen molar-refractivity contribution >= 4 is 11.0 Å². The number of hydrogen-bond donors (Lipinski definition) is 0. The van der Waals surface area contributed by atoms with Crippen molar-refractivity contribution in [2.24, 2.45) is 0 Å². The zero-order chi connectivity index (χ0) is 20.7. The SMILES string of the molecule is Cc1c2c(cc3c(-c4ccccc4)cc(=O)oc13)CN([C@@H](C)c1ccccc1)CO2. The van der Waals surface area contributed by atoms with Gasteiger partial charge in [-0.25, -0.2) is 4.79 Å². The summed E-state index contributed by atoms with van der Waals surface area (Å²) in [6.45, 7) is 5.44. The van der Waals surface area contributed by atoms with Crippen LogP contribution in [-0.4, -0.2) is 11.6 Å². The molecule has 0 fully saturated rings. The number of benzene rings is 3. The highest BCUT2D eigenvalue weighted by Gasteiger charge is 2.26. The molecule has 5 rings (SSSR count). The molecule has 0 unspecified atom stereocenters. The van der Waals surface area contributed by atoms with Crippen molar-refractivity contribution in [1.29, 1.82) is 0 Å². The summed E-state index contributed by atoms with van der Waals surface area (Å²) in [4.78, 5) is 14.6. The lowest BCUT2D eigenvalue weighted by atomic mass is 9.96. The van der Waals surface area contributed by atoms with E-state index in [2.05, 4.69) is 42.2 Å². The number of rotatable bonds is 3. The van der Waals surface area contributed by atoms with E-state index in [9.17, 15) is 4.79 Å². The van der Waals surface area contributed by atoms with Crippen molar-refractivity contribution in [3.63, 3.8) is 0 Å². The first-order chi connectivity index (χ1) is 14.6. The highest BCUT2D eigenvalue weighted by atomic mass is 16.5. The molecule has 0 bridgehead atoms. The number of ether oxygens (including phenoxy) is 1. The Bertz CT molecular complexity index is 1260. The second kappa shape index (κ2) is 7.47. The molecule has 0 saturated carbocycles. The highest BCUT2D eigenvalue weighted by Crippen LogP contribution is 2.39. The smallest absolute Gasteiger partial charge is 0.336 e. The van der Waals surface area contributed by atoms with Gasteiger partial charge in [0.15, 0.2) is 0 Å². The van der Waals surface area contributed by atoms with E-state index in [-0.39, 0.29) is 11.7 Å². The third kappa shape index (κ3) is 3.19. The largest absolute Gasteiger partial charge is 0.477 e. The molecule has 1 aromatic heterocycles. The molecule has 150 valence electrons. The molecule has 30 heavy (non-hydrogen) atoms. The predicted molar refractivity (Wildman–Crippen MR) is 119 cm³/mol. The zero-order valence-electron chi connectivity index (χ0n) is 17.1. The molecule has 0 saturated heterocycles. The highest BCUT2D eigenvalue weighted by molar-refractivity contribution is 5.96. The summed E-state index contributed by atoms with van der Waals surface area (Å²) in [5.41, 5.74) is 5.40. The molecule has 0 aliphatic carbocycles. The van der Waals surface area contributed by atoms with Crippen LogP contribution in [0.5, 0.6) is 5.75 Å². The average Bonchev–Trinajstić information content (AvgIpc) is 2.79. The van der Waals surface area contributed by atoms with Crippen LogP contribution in [0.1, 0.15) is 29.7 Å². The van der Waals surface area contributed by atoms with Gasteiger partial charge in [0.25, 0.3) is 0 Å². The molecule has 0 amide bonds. The van der Waals surface area contributed by atoms with Crippen molar-refractivity contribution in [1.82, 2.24) is 4.90 Å². The monoisotopic (exact) mass is 397 g/mol. The fraction of sp³-hybridized carbons (Fsp3) is 0.192. The molecular weight excluding hydrogens is 374 g/mol. The van der Waals surface area contributed by atoms with Crippen LogP contribution in [0.3, 0.4) is 0 Å². The first-order valence-corrected chi connectivity index (χ1v) is 10.2. The Labute approximate surface area is 175 Å². The Morgan fingerprint density at radius 2 is 1.67 bits per heavy atom. The van der Waals surface area contributed by atoms with Crippen molar-refractivity contribution in [2.45, 2.75) is 26.4 Å². The van der Waals surface area contributed by atoms with E-state index in [1.807, 2.05) is 43.3 Å². The van der Waals surface area contributed by atoms with Crippen LogP contribution in [0.15, 0.2) is 82.0 Å². The summed E-state index contributed by atoms with van der Waals surface area (Å²) in [5.74, 6) is 0.826. The van der Waals surface area contributed by atoms with E-state index in [0.717, 1.165) is 39.9 Å². The normalized spacial score (nSPS) is 14.9. The molecule has 1 aliphatic rings. The van der Waals surface area contributed by atoms with Crippen molar-refractivity contribution in [3.05, 3.63) is 99.9 Å². The Morgan fingerprint density at radius 1 is 0.967 bits per heavy atom. The van der Waals surface area contributed by atoms with Crippen molar-refractivity contribution in [2.75, 3.05) is 6.73 Å². The molecule has 0 N–H and O–H groups in total. The molecule has 2 heterocycles. The zero-order valence-corrected chi connectivity index (χ0v) is 17.1. The fourth-order valence-electron chi connectivity index (χ4n) is 4.29. The predicted octanol–water partition coefficient (Wildman–Crippen LogP) is 5.68. The van der Waals surface area contributed by atoms with E-state index in [0.29, 0.717) is 12.3 Å². The van der Waals surface area contributed by atoms with Gasteiger partial charge in [-0.3, -0.25) is 4.90 Å². The lowest BCUT2D eigenvalue weighted by Crippen LogP contribution is -2.34. The number of hydrogen-bond acceptors (Lipinski definition) is 4. The summed E-state index contributed by atoms with van der Waals surface area (Å²) in [5, 5.41) is 0.940. The number of aryl methyl sites for hydroxylation is 1. The standard InChI is InChI=1S/C26H23NO3/c1-17-25-21(15-27(16-29-25)18(2)19-9-5-3-6-10-19)13-23-22(14-24(28)30-26(17)23)20-11-7-4-8-12-20/h3-14,18H,15-16H2,1-2H3/t18-/m0/s1. The Balaban J connectivity index is 1.62. The Hall–Kier alpha value is -3.37. The topological polar surface area (TPSA) is 42.7 Å². The van der Waals surface area contributed by atoms with Gasteiger partial charge >= 0.3 is 5.63 Å². The van der Waals surface area contributed by atoms with E-state index in [1.54, 1.807) is 6.07 Å². The van der Waals surface area contributed by atoms with Gasteiger partial charge in [-0.2, -0.15) is 0 Å². The molecular formula is C26H23NO3. The molecule has 4 nitrogen and oxygen atoms in total. The fourth-order valence-corrected chi connectivity index (χ4v) is 4.29. The van der Waals surface area contributed by atoms with E-state index in [1.165, 1.54) is 5.56 Å². The minimum absolute atomic E-state index is 0.234. The van der Waals surface area contributed by atoms with Gasteiger partial charge in [0, 0.05) is 35.2 Å². The van der Waals surface area contributed by atoms with Gasteiger partial charge in [-0.15, -0.1) is 0 Å². The molecule has 1 atom stereocenters. The average molecular weight is 397 g/mol. The van der Waals surface area contributed by atoms with Gasteiger partial charge < -0.3 is 9.15 Å². The van der Waals surface area contributed by atoms with Crippen LogP contribution in [0, 0.1) is 6.92 Å². The van der Waals surface area contributed by atoms with Crippen LogP contribution in [0.2, 0.25) is 0 Å². The minimum Gasteiger partial charge on any atom is -0.477 e. The number of nitrogens with zero attached hydrogens (tertiary/aromatic N) is 1. The number of fused-ring (bicyclic) bond motifs is 2. The molecule has 0 radical (unpaired) electrons. The summed E-state index contributed by atoms with van der Waals surface area (Å²) in [7, 11) is 0. The third-order valence-corrected chi connectivity index (χ3v) is 5.95. The lowest BCUT2D eigenvalue weighted by molar-refractivity contribution is 0.0613. The molecule has 4 heteroatoms. The Morgan fingerprint density at radius 3 is 2.40 bits per heavy atom. The quantitative estimate of drug-likeness (QED) is 0.417. The summed E-state index contributed by atoms with van der Waals surface area (Å²) >= 11 is 0. The maximum Gasteiger partial charge on any atom is 0.336 e. The summed E-state index contributed by atoms with van der Waals surface area (Å²) < 4.78 is 11.8. The van der Waals surface area contributed by atoms with Crippen LogP contribution in [0.4, 0.5) is 0 Å². The minimum atomic E-state index is -0.348. The molecule has 4 aromatic rings. The van der Waals surface area contributed by atoms with Crippen LogP contribution < -0.4 is 10.4 Å². The van der Waals surface area contributed by atoms with Gasteiger partial charge in [-0.05, 0) is 36.6 Å². The van der Waals surface area contributed by atoms with Crippen LogP contribution in [-0.2, 0) is 6.54 Å². The lowest BCUT2D eigenvalue weighted by Gasteiger charge is -2.34. The third-order valence-electron chi connectivity index (χ3n) is 5.95. The maximum absolute atomic E-state index is 12.3. The maximum atomic E-state index is 12.3. The second-order valence-corrected chi connectivity index (χ2v) is 7.82. The Kier molecular flexibility index (Phi) is 4.64. The molecule has 0 spiro atoms. The van der Waals surface area contributed by atoms with Gasteiger partial charge in [0.05, 0.1) is 0 Å².